The van der Waals surface area contributed by atoms with Gasteiger partial charge in [-0.15, -0.1) is 24.0 Å². The highest BCUT2D eigenvalue weighted by atomic mass is 127. The summed E-state index contributed by atoms with van der Waals surface area (Å²) in [6.45, 7) is 13.2. The van der Waals surface area contributed by atoms with Crippen LogP contribution >= 0.6 is 24.0 Å². The van der Waals surface area contributed by atoms with Crippen LogP contribution in [-0.4, -0.2) is 58.9 Å². The van der Waals surface area contributed by atoms with Crippen molar-refractivity contribution in [3.05, 3.63) is 17.0 Å². The van der Waals surface area contributed by atoms with E-state index in [0.717, 1.165) is 24.6 Å². The number of hydrogen-bond acceptors (Lipinski definition) is 3. The third kappa shape index (κ3) is 6.62. The highest BCUT2D eigenvalue weighted by Crippen LogP contribution is 2.18. The predicted octanol–water partition coefficient (Wildman–Crippen LogP) is 3.01. The predicted molar refractivity (Wildman–Crippen MR) is 125 cm³/mol. The fourth-order valence-corrected chi connectivity index (χ4v) is 4.03. The molecular formula is C20H39IN6. The molecule has 6 nitrogen and oxygen atoms in total. The normalized spacial score (nSPS) is 20.7. The molecule has 0 aromatic carbocycles. The van der Waals surface area contributed by atoms with E-state index in [4.69, 9.17) is 0 Å². The summed E-state index contributed by atoms with van der Waals surface area (Å²) in [5.74, 6) is 0.883. The van der Waals surface area contributed by atoms with E-state index < -0.39 is 0 Å². The highest BCUT2D eigenvalue weighted by molar-refractivity contribution is 14.0. The number of aryl methyl sites for hydroxylation is 2. The van der Waals surface area contributed by atoms with Crippen molar-refractivity contribution in [3.63, 3.8) is 0 Å². The number of nitrogens with zero attached hydrogens (tertiary/aromatic N) is 4. The maximum absolute atomic E-state index is 4.52. The molecule has 156 valence electrons. The monoisotopic (exact) mass is 490 g/mol. The van der Waals surface area contributed by atoms with Crippen LogP contribution in [0.4, 0.5) is 0 Å². The lowest BCUT2D eigenvalue weighted by molar-refractivity contribution is 0.115. The summed E-state index contributed by atoms with van der Waals surface area (Å²) in [7, 11) is 3.85. The summed E-state index contributed by atoms with van der Waals surface area (Å²) in [4.78, 5) is 7.03. The first-order valence-corrected chi connectivity index (χ1v) is 10.1. The van der Waals surface area contributed by atoms with E-state index in [1.54, 1.807) is 0 Å². The smallest absolute Gasteiger partial charge is 0.191 e. The minimum absolute atomic E-state index is 0. The highest BCUT2D eigenvalue weighted by Gasteiger charge is 2.23. The van der Waals surface area contributed by atoms with Gasteiger partial charge in [-0.1, -0.05) is 6.42 Å². The van der Waals surface area contributed by atoms with Crippen LogP contribution in [0.5, 0.6) is 0 Å². The van der Waals surface area contributed by atoms with Crippen LogP contribution in [0.3, 0.4) is 0 Å². The third-order valence-corrected chi connectivity index (χ3v) is 5.76. The molecule has 3 atom stereocenters. The molecule has 2 rings (SSSR count). The van der Waals surface area contributed by atoms with E-state index in [9.17, 15) is 0 Å². The minimum atomic E-state index is 0. The summed E-state index contributed by atoms with van der Waals surface area (Å²) < 4.78 is 1.96. The summed E-state index contributed by atoms with van der Waals surface area (Å²) in [6.07, 6.45) is 4.96. The molecule has 0 radical (unpaired) electrons. The first kappa shape index (κ1) is 24.2. The van der Waals surface area contributed by atoms with Crippen LogP contribution in [0.2, 0.25) is 0 Å². The second-order valence-electron chi connectivity index (χ2n) is 7.91. The molecule has 1 aliphatic heterocycles. The Bertz CT molecular complexity index is 612. The topological polar surface area (TPSA) is 57.5 Å². The van der Waals surface area contributed by atoms with Gasteiger partial charge >= 0.3 is 0 Å². The van der Waals surface area contributed by atoms with Crippen molar-refractivity contribution in [1.82, 2.24) is 25.3 Å². The van der Waals surface area contributed by atoms with Gasteiger partial charge in [0.2, 0.25) is 0 Å². The Hall–Kier alpha value is -0.830. The van der Waals surface area contributed by atoms with E-state index in [1.807, 2.05) is 18.8 Å². The van der Waals surface area contributed by atoms with Crippen LogP contribution in [0.25, 0.3) is 0 Å². The van der Waals surface area contributed by atoms with Crippen molar-refractivity contribution in [2.24, 2.45) is 12.0 Å². The van der Waals surface area contributed by atoms with Gasteiger partial charge in [0.15, 0.2) is 5.96 Å². The molecule has 1 saturated heterocycles. The van der Waals surface area contributed by atoms with Crippen molar-refractivity contribution in [1.29, 1.82) is 0 Å². The van der Waals surface area contributed by atoms with E-state index in [2.05, 4.69) is 60.2 Å². The van der Waals surface area contributed by atoms with Gasteiger partial charge in [0, 0.05) is 44.5 Å². The van der Waals surface area contributed by atoms with E-state index in [0.29, 0.717) is 18.1 Å². The molecule has 27 heavy (non-hydrogen) atoms. The zero-order valence-electron chi connectivity index (χ0n) is 18.2. The number of piperidine rings is 1. The molecule has 1 aromatic rings. The molecule has 2 N–H and O–H groups in total. The standard InChI is InChI=1S/C20H38N6.HI/c1-14(12-19-17(4)24-25(7)18(19)5)23-20(21-6)22-13-16(3)26-11-9-8-10-15(26)2;/h14-16H,8-13H2,1-7H3,(H2,21,22,23);1H. The quantitative estimate of drug-likeness (QED) is 0.366. The number of likely N-dealkylation sites (tertiary alicyclic amines) is 1. The molecule has 0 bridgehead atoms. The lowest BCUT2D eigenvalue weighted by Crippen LogP contribution is -2.51. The lowest BCUT2D eigenvalue weighted by Gasteiger charge is -2.38. The second-order valence-corrected chi connectivity index (χ2v) is 7.91. The number of rotatable bonds is 6. The number of hydrogen-bond donors (Lipinski definition) is 2. The Morgan fingerprint density at radius 1 is 1.30 bits per heavy atom. The average Bonchev–Trinajstić information content (AvgIpc) is 2.84. The summed E-state index contributed by atoms with van der Waals surface area (Å²) in [5.41, 5.74) is 3.69. The van der Waals surface area contributed by atoms with Crippen molar-refractivity contribution < 1.29 is 0 Å². The Kier molecular flexibility index (Phi) is 10.1. The van der Waals surface area contributed by atoms with Crippen molar-refractivity contribution in [2.75, 3.05) is 20.1 Å². The van der Waals surface area contributed by atoms with E-state index in [1.165, 1.54) is 37.1 Å². The van der Waals surface area contributed by atoms with Crippen LogP contribution in [0.15, 0.2) is 4.99 Å². The zero-order chi connectivity index (χ0) is 19.3. The summed E-state index contributed by atoms with van der Waals surface area (Å²) >= 11 is 0. The molecule has 1 aliphatic rings. The van der Waals surface area contributed by atoms with Crippen LogP contribution < -0.4 is 10.6 Å². The fourth-order valence-electron chi connectivity index (χ4n) is 4.03. The van der Waals surface area contributed by atoms with Crippen LogP contribution in [0.1, 0.15) is 57.0 Å². The fraction of sp³-hybridized carbons (Fsp3) is 0.800. The molecule has 1 fully saturated rings. The molecule has 1 aromatic heterocycles. The van der Waals surface area contributed by atoms with Crippen LogP contribution in [-0.2, 0) is 13.5 Å². The Balaban J connectivity index is 0.00000364. The van der Waals surface area contributed by atoms with Gasteiger partial charge in [-0.05, 0) is 66.0 Å². The Labute approximate surface area is 182 Å². The van der Waals surface area contributed by atoms with Crippen molar-refractivity contribution >= 4 is 29.9 Å². The molecule has 2 heterocycles. The lowest BCUT2D eigenvalue weighted by atomic mass is 10.0. The largest absolute Gasteiger partial charge is 0.355 e. The molecule has 0 amide bonds. The van der Waals surface area contributed by atoms with Crippen molar-refractivity contribution in [3.8, 4) is 0 Å². The average molecular weight is 490 g/mol. The summed E-state index contributed by atoms with van der Waals surface area (Å²) in [5, 5.41) is 11.6. The van der Waals surface area contributed by atoms with Gasteiger partial charge in [-0.3, -0.25) is 14.6 Å². The SMILES string of the molecule is CN=C(NCC(C)N1CCCCC1C)NC(C)Cc1c(C)nn(C)c1C.I. The zero-order valence-corrected chi connectivity index (χ0v) is 20.5. The molecule has 7 heteroatoms. The first-order chi connectivity index (χ1) is 12.3. The van der Waals surface area contributed by atoms with Crippen LogP contribution in [0, 0.1) is 13.8 Å². The maximum Gasteiger partial charge on any atom is 0.191 e. The third-order valence-electron chi connectivity index (χ3n) is 5.76. The van der Waals surface area contributed by atoms with Gasteiger partial charge in [0.25, 0.3) is 0 Å². The first-order valence-electron chi connectivity index (χ1n) is 10.1. The van der Waals surface area contributed by atoms with E-state index in [-0.39, 0.29) is 24.0 Å². The number of aliphatic imine (C=N–C) groups is 1. The van der Waals surface area contributed by atoms with Crippen molar-refractivity contribution in [2.45, 2.75) is 78.4 Å². The van der Waals surface area contributed by atoms with Gasteiger partial charge in [-0.2, -0.15) is 5.10 Å². The van der Waals surface area contributed by atoms with Gasteiger partial charge in [-0.25, -0.2) is 0 Å². The number of aromatic nitrogens is 2. The summed E-state index contributed by atoms with van der Waals surface area (Å²) in [6, 6.07) is 1.50. The van der Waals surface area contributed by atoms with Gasteiger partial charge in [0.1, 0.15) is 0 Å². The Morgan fingerprint density at radius 3 is 2.56 bits per heavy atom. The Morgan fingerprint density at radius 2 is 2.00 bits per heavy atom. The molecule has 3 unspecified atom stereocenters. The van der Waals surface area contributed by atoms with Gasteiger partial charge in [0.05, 0.1) is 5.69 Å². The second kappa shape index (κ2) is 11.2. The maximum atomic E-state index is 4.52. The number of nitrogens with one attached hydrogen (secondary N) is 2. The number of guanidine groups is 1. The molecule has 0 aliphatic carbocycles. The number of halogens is 1. The molecule has 0 spiro atoms. The van der Waals surface area contributed by atoms with E-state index >= 15 is 0 Å². The molecular weight excluding hydrogens is 451 g/mol. The molecule has 0 saturated carbocycles. The van der Waals surface area contributed by atoms with Gasteiger partial charge < -0.3 is 10.6 Å². The minimum Gasteiger partial charge on any atom is -0.355 e.